The van der Waals surface area contributed by atoms with Crippen LogP contribution in [0.4, 0.5) is 11.4 Å². The van der Waals surface area contributed by atoms with Crippen molar-refractivity contribution in [3.05, 3.63) is 60.3 Å². The van der Waals surface area contributed by atoms with Crippen molar-refractivity contribution in [2.75, 3.05) is 16.8 Å². The molecule has 1 aliphatic heterocycles. The van der Waals surface area contributed by atoms with E-state index in [-0.39, 0.29) is 37.3 Å². The van der Waals surface area contributed by atoms with Crippen LogP contribution < -0.4 is 10.2 Å². The number of aromatic amines is 1. The molecule has 3 aromatic rings. The van der Waals surface area contributed by atoms with E-state index in [9.17, 15) is 14.4 Å². The zero-order valence-electron chi connectivity index (χ0n) is 16.7. The monoisotopic (exact) mass is 405 g/mol. The van der Waals surface area contributed by atoms with Crippen molar-refractivity contribution in [1.29, 1.82) is 0 Å². The highest BCUT2D eigenvalue weighted by Gasteiger charge is 2.30. The van der Waals surface area contributed by atoms with Crippen LogP contribution in [0.1, 0.15) is 25.3 Å². The molecule has 154 valence electrons. The highest BCUT2D eigenvalue weighted by molar-refractivity contribution is 6.05. The van der Waals surface area contributed by atoms with E-state index in [1.165, 1.54) is 4.90 Å². The van der Waals surface area contributed by atoms with Crippen LogP contribution in [-0.2, 0) is 25.5 Å². The number of carbonyl (C=O) groups excluding carboxylic acids is 3. The van der Waals surface area contributed by atoms with Crippen molar-refractivity contribution in [3.63, 3.8) is 0 Å². The molecule has 2 amide bonds. The average molecular weight is 405 g/mol. The Morgan fingerprint density at radius 1 is 1.13 bits per heavy atom. The maximum absolute atomic E-state index is 12.8. The van der Waals surface area contributed by atoms with Crippen LogP contribution in [0.3, 0.4) is 0 Å². The molecule has 30 heavy (non-hydrogen) atoms. The quantitative estimate of drug-likeness (QED) is 0.637. The third kappa shape index (κ3) is 4.05. The number of nitrogens with zero attached hydrogens (tertiary/aromatic N) is 1. The molecule has 1 atom stereocenters. The van der Waals surface area contributed by atoms with E-state index in [4.69, 9.17) is 4.74 Å². The van der Waals surface area contributed by atoms with Gasteiger partial charge in [-0.25, -0.2) is 0 Å². The summed E-state index contributed by atoms with van der Waals surface area (Å²) in [7, 11) is 0. The van der Waals surface area contributed by atoms with Gasteiger partial charge in [-0.15, -0.1) is 0 Å². The first-order valence-corrected chi connectivity index (χ1v) is 9.94. The van der Waals surface area contributed by atoms with Crippen molar-refractivity contribution in [2.24, 2.45) is 0 Å². The smallest absolute Gasteiger partial charge is 0.306 e. The second-order valence-electron chi connectivity index (χ2n) is 7.40. The number of aromatic nitrogens is 1. The highest BCUT2D eigenvalue weighted by Crippen LogP contribution is 2.31. The molecule has 0 radical (unpaired) electrons. The first-order valence-electron chi connectivity index (χ1n) is 9.94. The lowest BCUT2D eigenvalue weighted by Crippen LogP contribution is -2.41. The maximum atomic E-state index is 12.8. The second kappa shape index (κ2) is 8.41. The predicted octanol–water partition coefficient (Wildman–Crippen LogP) is 3.41. The van der Waals surface area contributed by atoms with Gasteiger partial charge < -0.3 is 19.9 Å². The Morgan fingerprint density at radius 3 is 2.77 bits per heavy atom. The molecule has 2 N–H and O–H groups in total. The summed E-state index contributed by atoms with van der Waals surface area (Å²) in [6.45, 7) is 1.44. The number of rotatable bonds is 5. The second-order valence-corrected chi connectivity index (χ2v) is 7.40. The van der Waals surface area contributed by atoms with E-state index < -0.39 is 5.97 Å². The van der Waals surface area contributed by atoms with Gasteiger partial charge in [-0.1, -0.05) is 30.3 Å². The zero-order chi connectivity index (χ0) is 21.1. The van der Waals surface area contributed by atoms with Crippen LogP contribution in [0.15, 0.2) is 54.7 Å². The molecule has 1 aromatic heterocycles. The number of anilines is 2. The van der Waals surface area contributed by atoms with Crippen LogP contribution in [-0.4, -0.2) is 35.4 Å². The molecule has 0 bridgehead atoms. The minimum Gasteiger partial charge on any atom is -0.456 e. The van der Waals surface area contributed by atoms with Crippen molar-refractivity contribution in [3.8, 4) is 0 Å². The van der Waals surface area contributed by atoms with Gasteiger partial charge in [0.15, 0.2) is 6.61 Å². The molecule has 0 spiro atoms. The number of ether oxygens (including phenoxy) is 1. The first-order chi connectivity index (χ1) is 14.5. The molecular formula is C23H23N3O4. The van der Waals surface area contributed by atoms with Gasteiger partial charge in [-0.05, 0) is 37.1 Å². The van der Waals surface area contributed by atoms with E-state index in [0.717, 1.165) is 16.5 Å². The fourth-order valence-corrected chi connectivity index (χ4v) is 3.83. The van der Waals surface area contributed by atoms with E-state index in [0.29, 0.717) is 17.8 Å². The molecule has 0 fully saturated rings. The first kappa shape index (κ1) is 19.7. The lowest BCUT2D eigenvalue weighted by atomic mass is 10.1. The number of hydrogen-bond acceptors (Lipinski definition) is 4. The number of fused-ring (bicyclic) bond motifs is 2. The van der Waals surface area contributed by atoms with E-state index in [1.54, 1.807) is 31.2 Å². The number of nitrogens with one attached hydrogen (secondary N) is 2. The van der Waals surface area contributed by atoms with Crippen LogP contribution in [0.2, 0.25) is 0 Å². The van der Waals surface area contributed by atoms with E-state index >= 15 is 0 Å². The standard InChI is InChI=1S/C23H23N3O4/c1-15-12-21(27)25-19-8-4-5-9-20(19)26(15)22(28)14-30-23(29)11-10-16-13-24-18-7-3-2-6-17(16)18/h2-9,13,15,24H,10-12,14H2,1H3,(H,25,27)/t15-/m1/s1. The lowest BCUT2D eigenvalue weighted by Gasteiger charge is -2.27. The summed E-state index contributed by atoms with van der Waals surface area (Å²) in [6, 6.07) is 14.7. The molecule has 7 heteroatoms. The number of benzene rings is 2. The van der Waals surface area contributed by atoms with Crippen LogP contribution in [0.5, 0.6) is 0 Å². The van der Waals surface area contributed by atoms with Gasteiger partial charge in [-0.3, -0.25) is 14.4 Å². The minimum absolute atomic E-state index is 0.152. The van der Waals surface area contributed by atoms with Crippen molar-refractivity contribution in [2.45, 2.75) is 32.2 Å². The van der Waals surface area contributed by atoms with Gasteiger partial charge in [0.05, 0.1) is 11.4 Å². The third-order valence-electron chi connectivity index (χ3n) is 5.26. The van der Waals surface area contributed by atoms with Gasteiger partial charge >= 0.3 is 5.97 Å². The summed E-state index contributed by atoms with van der Waals surface area (Å²) in [5, 5.41) is 3.89. The summed E-state index contributed by atoms with van der Waals surface area (Å²) in [5.41, 5.74) is 3.24. The Morgan fingerprint density at radius 2 is 1.90 bits per heavy atom. The molecular weight excluding hydrogens is 382 g/mol. The fraction of sp³-hybridized carbons (Fsp3) is 0.261. The van der Waals surface area contributed by atoms with Crippen molar-refractivity contribution in [1.82, 2.24) is 4.98 Å². The lowest BCUT2D eigenvalue weighted by molar-refractivity contribution is -0.148. The summed E-state index contributed by atoms with van der Waals surface area (Å²) >= 11 is 0. The largest absolute Gasteiger partial charge is 0.456 e. The summed E-state index contributed by atoms with van der Waals surface area (Å²) < 4.78 is 5.25. The predicted molar refractivity (Wildman–Crippen MR) is 114 cm³/mol. The van der Waals surface area contributed by atoms with Crippen molar-refractivity contribution < 1.29 is 19.1 Å². The number of esters is 1. The molecule has 0 saturated carbocycles. The Labute approximate surface area is 174 Å². The number of carbonyl (C=O) groups is 3. The third-order valence-corrected chi connectivity index (χ3v) is 5.26. The van der Waals surface area contributed by atoms with Gasteiger partial charge in [-0.2, -0.15) is 0 Å². The Bertz CT molecular complexity index is 1100. The Hall–Kier alpha value is -3.61. The molecule has 2 heterocycles. The normalized spacial score (nSPS) is 16.0. The number of H-pyrrole nitrogens is 1. The topological polar surface area (TPSA) is 91.5 Å². The molecule has 0 saturated heterocycles. The molecule has 7 nitrogen and oxygen atoms in total. The summed E-state index contributed by atoms with van der Waals surface area (Å²) in [6.07, 6.45) is 2.78. The highest BCUT2D eigenvalue weighted by atomic mass is 16.5. The molecule has 1 aliphatic rings. The van der Waals surface area contributed by atoms with Gasteiger partial charge in [0.2, 0.25) is 5.91 Å². The molecule has 2 aromatic carbocycles. The Balaban J connectivity index is 1.38. The number of hydrogen-bond donors (Lipinski definition) is 2. The molecule has 0 aliphatic carbocycles. The Kier molecular flexibility index (Phi) is 5.52. The molecule has 0 unspecified atom stereocenters. The van der Waals surface area contributed by atoms with Crippen LogP contribution >= 0.6 is 0 Å². The van der Waals surface area contributed by atoms with E-state index in [1.807, 2.05) is 30.5 Å². The SMILES string of the molecule is C[C@@H]1CC(=O)Nc2ccccc2N1C(=O)COC(=O)CCc1c[nH]c2ccccc12. The number of amides is 2. The van der Waals surface area contributed by atoms with Crippen LogP contribution in [0.25, 0.3) is 10.9 Å². The van der Waals surface area contributed by atoms with Gasteiger partial charge in [0.1, 0.15) is 0 Å². The van der Waals surface area contributed by atoms with Gasteiger partial charge in [0, 0.05) is 36.0 Å². The number of para-hydroxylation sites is 3. The van der Waals surface area contributed by atoms with Crippen LogP contribution in [0, 0.1) is 0 Å². The zero-order valence-corrected chi connectivity index (χ0v) is 16.7. The van der Waals surface area contributed by atoms with Crippen molar-refractivity contribution >= 4 is 40.1 Å². The maximum Gasteiger partial charge on any atom is 0.306 e. The molecule has 4 rings (SSSR count). The summed E-state index contributed by atoms with van der Waals surface area (Å²) in [4.78, 5) is 41.8. The van der Waals surface area contributed by atoms with E-state index in [2.05, 4.69) is 10.3 Å². The fourth-order valence-electron chi connectivity index (χ4n) is 3.83. The van der Waals surface area contributed by atoms with Gasteiger partial charge in [0.25, 0.3) is 5.91 Å². The minimum atomic E-state index is -0.432. The number of aryl methyl sites for hydroxylation is 1. The average Bonchev–Trinajstić information content (AvgIpc) is 3.09. The summed E-state index contributed by atoms with van der Waals surface area (Å²) in [5.74, 6) is -0.938.